The first-order valence-corrected chi connectivity index (χ1v) is 9.66. The van der Waals surface area contributed by atoms with Crippen molar-refractivity contribution in [2.45, 2.75) is 51.9 Å². The quantitative estimate of drug-likeness (QED) is 0.753. The van der Waals surface area contributed by atoms with Crippen LogP contribution in [0.5, 0.6) is 0 Å². The highest BCUT2D eigenvalue weighted by Gasteiger charge is 2.17. The van der Waals surface area contributed by atoms with Crippen LogP contribution in [-0.4, -0.2) is 31.2 Å². The van der Waals surface area contributed by atoms with E-state index in [1.54, 1.807) is 0 Å². The van der Waals surface area contributed by atoms with Crippen molar-refractivity contribution >= 4 is 22.6 Å². The molecule has 28 heavy (non-hydrogen) atoms. The fraction of sp³-hybridized carbons (Fsp3) is 0.435. The largest absolute Gasteiger partial charge is 0.444 e. The smallest absolute Gasteiger partial charge is 0.412 e. The van der Waals surface area contributed by atoms with E-state index in [2.05, 4.69) is 17.2 Å². The molecule has 3 rings (SSSR count). The number of ether oxygens (including phenoxy) is 3. The van der Waals surface area contributed by atoms with E-state index in [1.807, 2.05) is 57.2 Å². The van der Waals surface area contributed by atoms with Crippen LogP contribution in [0, 0.1) is 11.8 Å². The molecule has 1 aliphatic heterocycles. The van der Waals surface area contributed by atoms with E-state index in [9.17, 15) is 4.79 Å². The number of hydrogen-bond acceptors (Lipinski definition) is 4. The van der Waals surface area contributed by atoms with Crippen LogP contribution in [0.1, 0.15) is 45.6 Å². The monoisotopic (exact) mass is 381 g/mol. The topological polar surface area (TPSA) is 56.8 Å². The van der Waals surface area contributed by atoms with Gasteiger partial charge in [0.1, 0.15) is 12.2 Å². The van der Waals surface area contributed by atoms with E-state index in [0.717, 1.165) is 42.2 Å². The molecule has 0 aliphatic carbocycles. The van der Waals surface area contributed by atoms with Crippen LogP contribution >= 0.6 is 0 Å². The predicted octanol–water partition coefficient (Wildman–Crippen LogP) is 5.08. The van der Waals surface area contributed by atoms with E-state index in [0.29, 0.717) is 12.3 Å². The Labute approximate surface area is 166 Å². The van der Waals surface area contributed by atoms with Gasteiger partial charge in [-0.2, -0.15) is 0 Å². The van der Waals surface area contributed by atoms with Crippen LogP contribution in [0.4, 0.5) is 10.5 Å². The van der Waals surface area contributed by atoms with Gasteiger partial charge in [0.2, 0.25) is 0 Å². The molecule has 1 atom stereocenters. The summed E-state index contributed by atoms with van der Waals surface area (Å²) < 4.78 is 16.6. The Kier molecular flexibility index (Phi) is 6.56. The second-order valence-corrected chi connectivity index (χ2v) is 7.74. The van der Waals surface area contributed by atoms with Gasteiger partial charge in [-0.3, -0.25) is 5.32 Å². The summed E-state index contributed by atoms with van der Waals surface area (Å²) in [6, 6.07) is 11.6. The van der Waals surface area contributed by atoms with Crippen molar-refractivity contribution in [1.82, 2.24) is 0 Å². The van der Waals surface area contributed by atoms with Crippen molar-refractivity contribution in [2.24, 2.45) is 0 Å². The highest BCUT2D eigenvalue weighted by Crippen LogP contribution is 2.27. The van der Waals surface area contributed by atoms with Crippen LogP contribution in [0.15, 0.2) is 36.4 Å². The van der Waals surface area contributed by atoms with Crippen molar-refractivity contribution in [2.75, 3.05) is 18.5 Å². The number of anilines is 1. The lowest BCUT2D eigenvalue weighted by molar-refractivity contribution is -0.154. The average Bonchev–Trinajstić information content (AvgIpc) is 2.66. The first-order valence-electron chi connectivity index (χ1n) is 9.66. The maximum atomic E-state index is 12.1. The average molecular weight is 381 g/mol. The number of fused-ring (bicyclic) bond motifs is 1. The molecule has 1 unspecified atom stereocenters. The lowest BCUT2D eigenvalue weighted by atomic mass is 10.0. The summed E-state index contributed by atoms with van der Waals surface area (Å²) in [6.45, 7) is 6.60. The fourth-order valence-electron chi connectivity index (χ4n) is 3.04. The molecule has 0 saturated carbocycles. The number of rotatable bonds is 3. The Hall–Kier alpha value is -2.55. The molecule has 5 heteroatoms. The Morgan fingerprint density at radius 3 is 2.68 bits per heavy atom. The highest BCUT2D eigenvalue weighted by atomic mass is 16.7. The lowest BCUT2D eigenvalue weighted by Gasteiger charge is -2.21. The fourth-order valence-corrected chi connectivity index (χ4v) is 3.04. The minimum atomic E-state index is -0.548. The second-order valence-electron chi connectivity index (χ2n) is 7.74. The third kappa shape index (κ3) is 5.72. The third-order valence-electron chi connectivity index (χ3n) is 4.26. The van der Waals surface area contributed by atoms with Crippen LogP contribution in [0.25, 0.3) is 10.8 Å². The van der Waals surface area contributed by atoms with Crippen molar-refractivity contribution in [3.63, 3.8) is 0 Å². The summed E-state index contributed by atoms with van der Waals surface area (Å²) in [4.78, 5) is 12.1. The van der Waals surface area contributed by atoms with E-state index in [1.165, 1.54) is 0 Å². The Balaban J connectivity index is 1.73. The number of carbonyl (C=O) groups excluding carboxylic acids is 1. The molecule has 2 aromatic carbocycles. The van der Waals surface area contributed by atoms with Crippen LogP contribution in [0.3, 0.4) is 0 Å². The van der Waals surface area contributed by atoms with Crippen molar-refractivity contribution in [1.29, 1.82) is 0 Å². The zero-order valence-electron chi connectivity index (χ0n) is 16.7. The summed E-state index contributed by atoms with van der Waals surface area (Å²) in [5.41, 5.74) is 1.04. The van der Waals surface area contributed by atoms with Gasteiger partial charge in [-0.05, 0) is 57.6 Å². The van der Waals surface area contributed by atoms with Gasteiger partial charge in [-0.1, -0.05) is 36.1 Å². The van der Waals surface area contributed by atoms with Gasteiger partial charge in [-0.25, -0.2) is 4.79 Å². The molecule has 1 N–H and O–H groups in total. The number of hydrogen-bond donors (Lipinski definition) is 1. The molecule has 148 valence electrons. The van der Waals surface area contributed by atoms with E-state index in [4.69, 9.17) is 14.2 Å². The molecular weight excluding hydrogens is 354 g/mol. The molecule has 5 nitrogen and oxygen atoms in total. The highest BCUT2D eigenvalue weighted by molar-refractivity contribution is 6.02. The van der Waals surface area contributed by atoms with Gasteiger partial charge in [0.05, 0.1) is 5.69 Å². The molecule has 1 amide bonds. The predicted molar refractivity (Wildman–Crippen MR) is 110 cm³/mol. The minimum absolute atomic E-state index is 0.139. The maximum absolute atomic E-state index is 12.1. The summed E-state index contributed by atoms with van der Waals surface area (Å²) >= 11 is 0. The molecule has 1 aliphatic rings. The van der Waals surface area contributed by atoms with Gasteiger partial charge in [0.15, 0.2) is 6.29 Å². The molecule has 0 spiro atoms. The standard InChI is InChI=1S/C23H27NO4/c1-23(2,3)28-22(25)24-20-14-13-17(18-10-4-5-11-19(18)20)9-8-16-27-21-12-6-7-15-26-21/h4-5,10-11,13-14,21H,6-7,12,15-16H2,1-3H3,(H,24,25). The summed E-state index contributed by atoms with van der Waals surface area (Å²) in [5, 5.41) is 4.71. The Morgan fingerprint density at radius 1 is 1.18 bits per heavy atom. The van der Waals surface area contributed by atoms with Gasteiger partial charge >= 0.3 is 6.09 Å². The summed E-state index contributed by atoms with van der Waals surface area (Å²) in [6.07, 6.45) is 2.55. The molecule has 1 saturated heterocycles. The first-order chi connectivity index (χ1) is 13.4. The van der Waals surface area contributed by atoms with Crippen LogP contribution < -0.4 is 5.32 Å². The molecule has 0 bridgehead atoms. The summed E-state index contributed by atoms with van der Waals surface area (Å²) in [5.74, 6) is 6.24. The SMILES string of the molecule is CC(C)(C)OC(=O)Nc1ccc(C#CCOC2CCCCO2)c2ccccc12. The van der Waals surface area contributed by atoms with E-state index >= 15 is 0 Å². The third-order valence-corrected chi connectivity index (χ3v) is 4.26. The normalized spacial score (nSPS) is 16.9. The van der Waals surface area contributed by atoms with Crippen LogP contribution in [-0.2, 0) is 14.2 Å². The maximum Gasteiger partial charge on any atom is 0.412 e. The first kappa shape index (κ1) is 20.2. The van der Waals surface area contributed by atoms with Gasteiger partial charge < -0.3 is 14.2 Å². The number of nitrogens with one attached hydrogen (secondary N) is 1. The number of amides is 1. The molecule has 0 aromatic heterocycles. The van der Waals surface area contributed by atoms with Crippen molar-refractivity contribution in [3.05, 3.63) is 42.0 Å². The zero-order chi connectivity index (χ0) is 20.0. The Morgan fingerprint density at radius 2 is 1.96 bits per heavy atom. The molecule has 1 fully saturated rings. The Bertz CT molecular complexity index is 883. The molecular formula is C23H27NO4. The summed E-state index contributed by atoms with van der Waals surface area (Å²) in [7, 11) is 0. The number of carbonyl (C=O) groups is 1. The molecule has 1 heterocycles. The lowest BCUT2D eigenvalue weighted by Crippen LogP contribution is -2.27. The van der Waals surface area contributed by atoms with Crippen molar-refractivity contribution in [3.8, 4) is 11.8 Å². The van der Waals surface area contributed by atoms with E-state index in [-0.39, 0.29) is 6.29 Å². The minimum Gasteiger partial charge on any atom is -0.444 e. The molecule has 0 radical (unpaired) electrons. The molecule has 2 aromatic rings. The zero-order valence-corrected chi connectivity index (χ0v) is 16.7. The second kappa shape index (κ2) is 9.09. The van der Waals surface area contributed by atoms with Crippen LogP contribution in [0.2, 0.25) is 0 Å². The van der Waals surface area contributed by atoms with Gasteiger partial charge in [0, 0.05) is 17.6 Å². The number of benzene rings is 2. The van der Waals surface area contributed by atoms with Gasteiger partial charge in [0.25, 0.3) is 0 Å². The van der Waals surface area contributed by atoms with E-state index < -0.39 is 11.7 Å². The van der Waals surface area contributed by atoms with Crippen molar-refractivity contribution < 1.29 is 19.0 Å². The van der Waals surface area contributed by atoms with Gasteiger partial charge in [-0.15, -0.1) is 0 Å².